The Morgan fingerprint density at radius 3 is 2.90 bits per heavy atom. The smallest absolute Gasteiger partial charge is 0.293 e. The topological polar surface area (TPSA) is 83.6 Å². The molecule has 0 atom stereocenters. The van der Waals surface area contributed by atoms with Crippen LogP contribution in [0.1, 0.15) is 22.0 Å². The van der Waals surface area contributed by atoms with Crippen molar-refractivity contribution >= 4 is 11.7 Å². The highest BCUT2D eigenvalue weighted by molar-refractivity contribution is 5.91. The first-order valence-corrected chi connectivity index (χ1v) is 6.29. The molecule has 0 radical (unpaired) electrons. The van der Waals surface area contributed by atoms with Gasteiger partial charge in [0.2, 0.25) is 5.82 Å². The average Bonchev–Trinajstić information content (AvgIpc) is 2.81. The second kappa shape index (κ2) is 5.79. The van der Waals surface area contributed by atoms with Gasteiger partial charge in [-0.3, -0.25) is 4.79 Å². The van der Waals surface area contributed by atoms with E-state index in [2.05, 4.69) is 21.6 Å². The van der Waals surface area contributed by atoms with E-state index in [1.54, 1.807) is 6.08 Å². The summed E-state index contributed by atoms with van der Waals surface area (Å²) in [5.74, 6) is 0.122. The molecule has 0 bridgehead atoms. The minimum Gasteiger partial charge on any atom is -0.395 e. The van der Waals surface area contributed by atoms with Crippen LogP contribution < -0.4 is 0 Å². The number of aromatic nitrogens is 4. The standard InChI is InChI=1S/C13H17N5O2/c1-4-5-17(6-7-19)12(20)11-15-13-14-9(2)8-10(3)18(13)16-11/h4,8,19H,1,5-7H2,2-3H3. The third-order valence-corrected chi connectivity index (χ3v) is 2.82. The van der Waals surface area contributed by atoms with Gasteiger partial charge in [0.05, 0.1) is 6.61 Å². The fourth-order valence-corrected chi connectivity index (χ4v) is 1.95. The number of hydrogen-bond acceptors (Lipinski definition) is 5. The second-order valence-corrected chi connectivity index (χ2v) is 4.45. The molecular weight excluding hydrogens is 258 g/mol. The van der Waals surface area contributed by atoms with Gasteiger partial charge >= 0.3 is 0 Å². The van der Waals surface area contributed by atoms with Crippen molar-refractivity contribution < 1.29 is 9.90 Å². The predicted molar refractivity (Wildman–Crippen MR) is 73.4 cm³/mol. The molecule has 7 heteroatoms. The Hall–Kier alpha value is -2.28. The molecule has 20 heavy (non-hydrogen) atoms. The van der Waals surface area contributed by atoms with E-state index in [0.29, 0.717) is 12.3 Å². The minimum atomic E-state index is -0.346. The molecule has 2 aromatic heterocycles. The summed E-state index contributed by atoms with van der Waals surface area (Å²) < 4.78 is 1.53. The summed E-state index contributed by atoms with van der Waals surface area (Å²) in [6, 6.07) is 1.87. The third kappa shape index (κ3) is 2.67. The Kier molecular flexibility index (Phi) is 4.09. The monoisotopic (exact) mass is 275 g/mol. The maximum atomic E-state index is 12.3. The van der Waals surface area contributed by atoms with Gasteiger partial charge in [0.25, 0.3) is 11.7 Å². The average molecular weight is 275 g/mol. The molecule has 0 saturated heterocycles. The van der Waals surface area contributed by atoms with Crippen LogP contribution in [0.2, 0.25) is 0 Å². The molecule has 2 heterocycles. The fraction of sp³-hybridized carbons (Fsp3) is 0.385. The highest BCUT2D eigenvalue weighted by Gasteiger charge is 2.20. The number of carbonyl (C=O) groups is 1. The van der Waals surface area contributed by atoms with Crippen molar-refractivity contribution in [3.05, 3.63) is 35.9 Å². The van der Waals surface area contributed by atoms with Gasteiger partial charge in [-0.25, -0.2) is 9.50 Å². The number of nitrogens with zero attached hydrogens (tertiary/aromatic N) is 5. The van der Waals surface area contributed by atoms with Crippen LogP contribution in [0.3, 0.4) is 0 Å². The van der Waals surface area contributed by atoms with Gasteiger partial charge in [-0.2, -0.15) is 4.98 Å². The van der Waals surface area contributed by atoms with Gasteiger partial charge in [0, 0.05) is 24.5 Å². The summed E-state index contributed by atoms with van der Waals surface area (Å²) in [6.07, 6.45) is 1.59. The van der Waals surface area contributed by atoms with Crippen molar-refractivity contribution in [2.75, 3.05) is 19.7 Å². The lowest BCUT2D eigenvalue weighted by Gasteiger charge is -2.17. The van der Waals surface area contributed by atoms with Gasteiger partial charge in [-0.15, -0.1) is 11.7 Å². The van der Waals surface area contributed by atoms with E-state index in [4.69, 9.17) is 5.11 Å². The van der Waals surface area contributed by atoms with Crippen molar-refractivity contribution in [2.24, 2.45) is 0 Å². The zero-order valence-corrected chi connectivity index (χ0v) is 11.6. The Morgan fingerprint density at radius 2 is 2.25 bits per heavy atom. The molecule has 2 aromatic rings. The lowest BCUT2D eigenvalue weighted by molar-refractivity contribution is 0.0731. The van der Waals surface area contributed by atoms with Gasteiger partial charge in [-0.1, -0.05) is 6.08 Å². The van der Waals surface area contributed by atoms with Crippen LogP contribution in [0.25, 0.3) is 5.78 Å². The Bertz CT molecular complexity index is 649. The number of hydrogen-bond donors (Lipinski definition) is 1. The highest BCUT2D eigenvalue weighted by atomic mass is 16.3. The Labute approximate surface area is 116 Å². The summed E-state index contributed by atoms with van der Waals surface area (Å²) in [5.41, 5.74) is 1.68. The van der Waals surface area contributed by atoms with Crippen LogP contribution in [0.15, 0.2) is 18.7 Å². The van der Waals surface area contributed by atoms with Gasteiger partial charge < -0.3 is 10.0 Å². The van der Waals surface area contributed by atoms with E-state index in [1.807, 2.05) is 19.9 Å². The van der Waals surface area contributed by atoms with Crippen LogP contribution in [0.5, 0.6) is 0 Å². The van der Waals surface area contributed by atoms with Gasteiger partial charge in [-0.05, 0) is 19.9 Å². The first kappa shape index (κ1) is 14.1. The van der Waals surface area contributed by atoms with Crippen molar-refractivity contribution in [3.63, 3.8) is 0 Å². The first-order valence-electron chi connectivity index (χ1n) is 6.29. The SMILES string of the molecule is C=CCN(CCO)C(=O)c1nc2nc(C)cc(C)n2n1. The molecule has 0 aliphatic carbocycles. The molecule has 2 rings (SSSR count). The van der Waals surface area contributed by atoms with Crippen LogP contribution in [0.4, 0.5) is 0 Å². The van der Waals surface area contributed by atoms with Crippen molar-refractivity contribution in [2.45, 2.75) is 13.8 Å². The third-order valence-electron chi connectivity index (χ3n) is 2.82. The zero-order chi connectivity index (χ0) is 14.7. The number of aliphatic hydroxyl groups is 1. The van der Waals surface area contributed by atoms with E-state index in [9.17, 15) is 4.79 Å². The van der Waals surface area contributed by atoms with Crippen molar-refractivity contribution in [1.29, 1.82) is 0 Å². The molecule has 0 spiro atoms. The molecular formula is C13H17N5O2. The molecule has 0 aliphatic rings. The summed E-state index contributed by atoms with van der Waals surface area (Å²) in [7, 11) is 0. The molecule has 106 valence electrons. The molecule has 1 amide bonds. The maximum Gasteiger partial charge on any atom is 0.293 e. The van der Waals surface area contributed by atoms with Gasteiger partial charge in [0.15, 0.2) is 0 Å². The molecule has 0 saturated carbocycles. The van der Waals surface area contributed by atoms with E-state index in [1.165, 1.54) is 9.42 Å². The fourth-order valence-electron chi connectivity index (χ4n) is 1.95. The molecule has 0 unspecified atom stereocenters. The summed E-state index contributed by atoms with van der Waals surface area (Å²) in [5, 5.41) is 13.2. The van der Waals surface area contributed by atoms with Crippen LogP contribution in [-0.4, -0.2) is 55.2 Å². The lowest BCUT2D eigenvalue weighted by atomic mass is 10.4. The zero-order valence-electron chi connectivity index (χ0n) is 11.6. The van der Waals surface area contributed by atoms with E-state index >= 15 is 0 Å². The molecule has 0 aliphatic heterocycles. The number of aliphatic hydroxyl groups excluding tert-OH is 1. The predicted octanol–water partition coefficient (Wildman–Crippen LogP) is 0.362. The summed E-state index contributed by atoms with van der Waals surface area (Å²) in [6.45, 7) is 7.75. The Balaban J connectivity index is 2.39. The van der Waals surface area contributed by atoms with Crippen LogP contribution in [-0.2, 0) is 0 Å². The van der Waals surface area contributed by atoms with Crippen LogP contribution in [0, 0.1) is 13.8 Å². The van der Waals surface area contributed by atoms with Gasteiger partial charge in [0.1, 0.15) is 0 Å². The van der Waals surface area contributed by atoms with E-state index < -0.39 is 0 Å². The molecule has 0 fully saturated rings. The second-order valence-electron chi connectivity index (χ2n) is 4.45. The number of aryl methyl sites for hydroxylation is 2. The number of rotatable bonds is 5. The highest BCUT2D eigenvalue weighted by Crippen LogP contribution is 2.07. The summed E-state index contributed by atoms with van der Waals surface area (Å²) >= 11 is 0. The molecule has 1 N–H and O–H groups in total. The number of fused-ring (bicyclic) bond motifs is 1. The first-order chi connectivity index (χ1) is 9.56. The minimum absolute atomic E-state index is 0.0708. The largest absolute Gasteiger partial charge is 0.395 e. The normalized spacial score (nSPS) is 10.8. The quantitative estimate of drug-likeness (QED) is 0.797. The van der Waals surface area contributed by atoms with Crippen molar-refractivity contribution in [1.82, 2.24) is 24.5 Å². The molecule has 0 aromatic carbocycles. The van der Waals surface area contributed by atoms with Crippen molar-refractivity contribution in [3.8, 4) is 0 Å². The number of amides is 1. The Morgan fingerprint density at radius 1 is 1.50 bits per heavy atom. The maximum absolute atomic E-state index is 12.3. The van der Waals surface area contributed by atoms with E-state index in [-0.39, 0.29) is 24.9 Å². The summed E-state index contributed by atoms with van der Waals surface area (Å²) in [4.78, 5) is 22.1. The number of carbonyl (C=O) groups excluding carboxylic acids is 1. The van der Waals surface area contributed by atoms with Crippen LogP contribution >= 0.6 is 0 Å². The van der Waals surface area contributed by atoms with E-state index in [0.717, 1.165) is 11.4 Å². The lowest BCUT2D eigenvalue weighted by Crippen LogP contribution is -2.34. The molecule has 7 nitrogen and oxygen atoms in total.